The molecule has 1 fully saturated rings. The van der Waals surface area contributed by atoms with Gasteiger partial charge in [0.25, 0.3) is 0 Å². The Bertz CT molecular complexity index is 1150. The van der Waals surface area contributed by atoms with Crippen molar-refractivity contribution in [2.45, 2.75) is 64.5 Å². The van der Waals surface area contributed by atoms with E-state index in [1.54, 1.807) is 23.1 Å². The summed E-state index contributed by atoms with van der Waals surface area (Å²) in [6.07, 6.45) is 5.53. The summed E-state index contributed by atoms with van der Waals surface area (Å²) in [4.78, 5) is 43.2. The highest BCUT2D eigenvalue weighted by Crippen LogP contribution is 2.35. The fraction of sp³-hybridized carbons (Fsp3) is 0.370. The smallest absolute Gasteiger partial charge is 0.248 e. The van der Waals surface area contributed by atoms with Crippen LogP contribution in [0.15, 0.2) is 53.2 Å². The third kappa shape index (κ3) is 5.65. The summed E-state index contributed by atoms with van der Waals surface area (Å²) in [6, 6.07) is 12.2. The van der Waals surface area contributed by atoms with Crippen LogP contribution in [0.4, 0.5) is 5.69 Å². The number of carbonyl (C=O) groups excluding carboxylic acids is 3. The minimum absolute atomic E-state index is 0.0805. The zero-order valence-corrected chi connectivity index (χ0v) is 21.2. The predicted octanol–water partition coefficient (Wildman–Crippen LogP) is 6.09. The molecule has 2 heterocycles. The molecule has 2 amide bonds. The number of hydrogen-bond donors (Lipinski definition) is 1. The zero-order chi connectivity index (χ0) is 24.1. The van der Waals surface area contributed by atoms with Gasteiger partial charge in [0.1, 0.15) is 6.04 Å². The van der Waals surface area contributed by atoms with E-state index in [4.69, 9.17) is 0 Å². The fourth-order valence-electron chi connectivity index (χ4n) is 4.50. The summed E-state index contributed by atoms with van der Waals surface area (Å²) in [7, 11) is 0. The van der Waals surface area contributed by atoms with Crippen molar-refractivity contribution >= 4 is 46.0 Å². The van der Waals surface area contributed by atoms with E-state index in [9.17, 15) is 14.4 Å². The Morgan fingerprint density at radius 3 is 2.47 bits per heavy atom. The largest absolute Gasteiger partial charge is 0.351 e. The first kappa shape index (κ1) is 24.4. The Morgan fingerprint density at radius 2 is 1.82 bits per heavy atom. The lowest BCUT2D eigenvalue weighted by atomic mass is 9.95. The van der Waals surface area contributed by atoms with Gasteiger partial charge in [-0.05, 0) is 67.3 Å². The molecular formula is C27H30N2O3S2. The van der Waals surface area contributed by atoms with Gasteiger partial charge in [-0.3, -0.25) is 19.3 Å². The molecule has 1 atom stereocenters. The molecule has 1 aliphatic rings. The van der Waals surface area contributed by atoms with Crippen LogP contribution in [0.5, 0.6) is 0 Å². The number of thiophene rings is 2. The van der Waals surface area contributed by atoms with E-state index in [1.807, 2.05) is 41.9 Å². The van der Waals surface area contributed by atoms with Crippen LogP contribution in [0.2, 0.25) is 0 Å². The minimum atomic E-state index is -0.795. The molecule has 0 radical (unpaired) electrons. The molecule has 0 spiro atoms. The quantitative estimate of drug-likeness (QED) is 0.386. The van der Waals surface area contributed by atoms with Crippen molar-refractivity contribution in [3.05, 3.63) is 74.1 Å². The number of carbonyl (C=O) groups is 3. The standard InChI is InChI=1S/C27H30N2O3S2/c1-18-13-15-34-26(18)25(27(32)28-21-9-4-3-5-10-21)29(24(31)17-23-12-7-14-33-23)22-11-6-8-20(16-22)19(2)30/h6-8,11-16,21,25H,3-5,9-10,17H2,1-2H3,(H,28,32)/t25-/m1/s1. The summed E-state index contributed by atoms with van der Waals surface area (Å²) < 4.78 is 0. The topological polar surface area (TPSA) is 66.5 Å². The van der Waals surface area contributed by atoms with Gasteiger partial charge in [-0.2, -0.15) is 0 Å². The molecule has 2 aromatic heterocycles. The van der Waals surface area contributed by atoms with Gasteiger partial charge >= 0.3 is 0 Å². The van der Waals surface area contributed by atoms with E-state index in [-0.39, 0.29) is 30.1 Å². The van der Waals surface area contributed by atoms with Crippen molar-refractivity contribution < 1.29 is 14.4 Å². The Morgan fingerprint density at radius 1 is 1.03 bits per heavy atom. The molecule has 1 saturated carbocycles. The Labute approximate surface area is 208 Å². The maximum absolute atomic E-state index is 13.8. The van der Waals surface area contributed by atoms with Gasteiger partial charge in [0.05, 0.1) is 6.42 Å². The maximum atomic E-state index is 13.8. The third-order valence-corrected chi connectivity index (χ3v) is 8.26. The van der Waals surface area contributed by atoms with Crippen molar-refractivity contribution in [2.75, 3.05) is 4.90 Å². The Balaban J connectivity index is 1.77. The molecule has 0 saturated heterocycles. The maximum Gasteiger partial charge on any atom is 0.248 e. The Kier molecular flexibility index (Phi) is 7.95. The summed E-state index contributed by atoms with van der Waals surface area (Å²) in [5, 5.41) is 7.15. The van der Waals surface area contributed by atoms with Crippen LogP contribution in [0.1, 0.15) is 70.7 Å². The van der Waals surface area contributed by atoms with Crippen LogP contribution in [-0.2, 0) is 16.0 Å². The van der Waals surface area contributed by atoms with E-state index < -0.39 is 6.04 Å². The zero-order valence-electron chi connectivity index (χ0n) is 19.6. The monoisotopic (exact) mass is 494 g/mol. The summed E-state index contributed by atoms with van der Waals surface area (Å²) in [6.45, 7) is 3.48. The molecule has 178 valence electrons. The molecule has 34 heavy (non-hydrogen) atoms. The molecule has 7 heteroatoms. The molecule has 0 aliphatic heterocycles. The van der Waals surface area contributed by atoms with Crippen LogP contribution in [0.25, 0.3) is 0 Å². The van der Waals surface area contributed by atoms with Crippen LogP contribution < -0.4 is 10.2 Å². The van der Waals surface area contributed by atoms with Crippen molar-refractivity contribution in [1.29, 1.82) is 0 Å². The average Bonchev–Trinajstić information content (AvgIpc) is 3.49. The van der Waals surface area contributed by atoms with Gasteiger partial charge in [-0.25, -0.2) is 0 Å². The lowest BCUT2D eigenvalue weighted by Crippen LogP contribution is -2.47. The van der Waals surface area contributed by atoms with Gasteiger partial charge in [-0.15, -0.1) is 22.7 Å². The number of aryl methyl sites for hydroxylation is 1. The second-order valence-electron chi connectivity index (χ2n) is 8.84. The highest BCUT2D eigenvalue weighted by Gasteiger charge is 2.36. The average molecular weight is 495 g/mol. The highest BCUT2D eigenvalue weighted by atomic mass is 32.1. The molecule has 4 rings (SSSR count). The lowest BCUT2D eigenvalue weighted by Gasteiger charge is -2.33. The number of nitrogens with one attached hydrogen (secondary N) is 1. The fourth-order valence-corrected chi connectivity index (χ4v) is 6.21. The minimum Gasteiger partial charge on any atom is -0.351 e. The van der Waals surface area contributed by atoms with Crippen LogP contribution in [0, 0.1) is 6.92 Å². The van der Waals surface area contributed by atoms with E-state index in [0.717, 1.165) is 41.0 Å². The predicted molar refractivity (Wildman–Crippen MR) is 139 cm³/mol. The summed E-state index contributed by atoms with van der Waals surface area (Å²) >= 11 is 3.01. The van der Waals surface area contributed by atoms with E-state index in [0.29, 0.717) is 11.3 Å². The van der Waals surface area contributed by atoms with Gasteiger partial charge < -0.3 is 5.32 Å². The van der Waals surface area contributed by atoms with E-state index >= 15 is 0 Å². The molecule has 5 nitrogen and oxygen atoms in total. The number of anilines is 1. The SMILES string of the molecule is CC(=O)c1cccc(N(C(=O)Cc2cccs2)[C@@H](C(=O)NC2CCCCC2)c2sccc2C)c1. The molecule has 0 unspecified atom stereocenters. The van der Waals surface area contributed by atoms with E-state index in [1.165, 1.54) is 36.0 Å². The third-order valence-electron chi connectivity index (χ3n) is 6.31. The van der Waals surface area contributed by atoms with Crippen molar-refractivity contribution in [3.63, 3.8) is 0 Å². The van der Waals surface area contributed by atoms with Gasteiger partial charge in [0.15, 0.2) is 5.78 Å². The van der Waals surface area contributed by atoms with Crippen molar-refractivity contribution in [1.82, 2.24) is 5.32 Å². The summed E-state index contributed by atoms with van der Waals surface area (Å²) in [5.74, 6) is -0.409. The number of rotatable bonds is 8. The number of amides is 2. The first-order chi connectivity index (χ1) is 16.4. The second-order valence-corrected chi connectivity index (χ2v) is 10.8. The molecule has 1 aromatic carbocycles. The van der Waals surface area contributed by atoms with Gasteiger partial charge in [0, 0.05) is 27.0 Å². The second kappa shape index (κ2) is 11.1. The van der Waals surface area contributed by atoms with Crippen LogP contribution in [0.3, 0.4) is 0 Å². The first-order valence-corrected chi connectivity index (χ1v) is 13.5. The van der Waals surface area contributed by atoms with Crippen molar-refractivity contribution in [2.24, 2.45) is 0 Å². The van der Waals surface area contributed by atoms with Crippen LogP contribution in [-0.4, -0.2) is 23.6 Å². The molecular weight excluding hydrogens is 464 g/mol. The number of Topliss-reactive ketones (excluding diaryl/α,β-unsaturated/α-hetero) is 1. The first-order valence-electron chi connectivity index (χ1n) is 11.7. The summed E-state index contributed by atoms with van der Waals surface area (Å²) in [5.41, 5.74) is 2.05. The number of hydrogen-bond acceptors (Lipinski definition) is 5. The number of ketones is 1. The van der Waals surface area contributed by atoms with Crippen LogP contribution >= 0.6 is 22.7 Å². The normalized spacial score (nSPS) is 15.0. The highest BCUT2D eigenvalue weighted by molar-refractivity contribution is 7.10. The van der Waals surface area contributed by atoms with Gasteiger partial charge in [-0.1, -0.05) is 37.5 Å². The van der Waals surface area contributed by atoms with E-state index in [2.05, 4.69) is 5.32 Å². The molecule has 0 bridgehead atoms. The molecule has 1 N–H and O–H groups in total. The molecule has 1 aliphatic carbocycles. The number of benzene rings is 1. The number of nitrogens with zero attached hydrogens (tertiary/aromatic N) is 1. The van der Waals surface area contributed by atoms with Gasteiger partial charge in [0.2, 0.25) is 11.8 Å². The molecule has 3 aromatic rings. The van der Waals surface area contributed by atoms with Crippen molar-refractivity contribution in [3.8, 4) is 0 Å². The lowest BCUT2D eigenvalue weighted by molar-refractivity contribution is -0.127. The Hall–Kier alpha value is -2.77.